The quantitative estimate of drug-likeness (QED) is 0.842. The summed E-state index contributed by atoms with van der Waals surface area (Å²) in [5, 5.41) is 20.0. The topological polar surface area (TPSA) is 40.5 Å². The first kappa shape index (κ1) is 13.4. The van der Waals surface area contributed by atoms with Crippen molar-refractivity contribution in [3.63, 3.8) is 0 Å². The highest BCUT2D eigenvalue weighted by molar-refractivity contribution is 6.30. The summed E-state index contributed by atoms with van der Waals surface area (Å²) in [6.45, 7) is 5.32. The number of rotatable bonds is 2. The van der Waals surface area contributed by atoms with Gasteiger partial charge in [0, 0.05) is 10.6 Å². The third kappa shape index (κ3) is 2.94. The van der Waals surface area contributed by atoms with Gasteiger partial charge in [0.15, 0.2) is 0 Å². The monoisotopic (exact) mass is 246 g/mol. The van der Waals surface area contributed by atoms with Gasteiger partial charge in [0.25, 0.3) is 0 Å². The first-order valence-electron chi connectivity index (χ1n) is 5.04. The second kappa shape index (κ2) is 4.70. The molecule has 0 fully saturated rings. The zero-order chi connectivity index (χ0) is 12.5. The fourth-order valence-corrected chi connectivity index (χ4v) is 1.54. The number of benzene rings is 1. The van der Waals surface area contributed by atoms with E-state index < -0.39 is 23.4 Å². The van der Waals surface area contributed by atoms with Crippen LogP contribution >= 0.6 is 11.6 Å². The Balaban J connectivity index is 3.01. The average Bonchev–Trinajstić information content (AvgIpc) is 2.14. The maximum atomic E-state index is 13.5. The largest absolute Gasteiger partial charge is 0.390 e. The minimum Gasteiger partial charge on any atom is -0.390 e. The summed E-state index contributed by atoms with van der Waals surface area (Å²) in [5.41, 5.74) is -0.460. The van der Waals surface area contributed by atoms with E-state index in [0.717, 1.165) is 6.07 Å². The molecule has 2 nitrogen and oxygen atoms in total. The molecule has 90 valence electrons. The van der Waals surface area contributed by atoms with E-state index in [2.05, 4.69) is 0 Å². The zero-order valence-electron chi connectivity index (χ0n) is 9.54. The van der Waals surface area contributed by atoms with Crippen molar-refractivity contribution in [3.8, 4) is 0 Å². The van der Waals surface area contributed by atoms with Gasteiger partial charge in [-0.25, -0.2) is 4.39 Å². The van der Waals surface area contributed by atoms with Crippen LogP contribution in [0.1, 0.15) is 32.4 Å². The Morgan fingerprint density at radius 2 is 1.81 bits per heavy atom. The molecule has 1 aromatic carbocycles. The number of hydrogen-bond donors (Lipinski definition) is 2. The molecule has 1 rings (SSSR count). The minimum atomic E-state index is -1.25. The van der Waals surface area contributed by atoms with Crippen LogP contribution < -0.4 is 0 Å². The van der Waals surface area contributed by atoms with Crippen molar-refractivity contribution < 1.29 is 14.6 Å². The number of halogens is 2. The van der Waals surface area contributed by atoms with Crippen LogP contribution in [0, 0.1) is 11.2 Å². The van der Waals surface area contributed by atoms with Gasteiger partial charge in [-0.15, -0.1) is 0 Å². The van der Waals surface area contributed by atoms with Gasteiger partial charge in [-0.3, -0.25) is 0 Å². The van der Waals surface area contributed by atoms with Crippen molar-refractivity contribution in [1.82, 2.24) is 0 Å². The van der Waals surface area contributed by atoms with Gasteiger partial charge in [-0.1, -0.05) is 38.4 Å². The molecule has 0 amide bonds. The first-order valence-corrected chi connectivity index (χ1v) is 5.42. The Hall–Kier alpha value is -0.640. The summed E-state index contributed by atoms with van der Waals surface area (Å²) in [4.78, 5) is 0. The predicted octanol–water partition coefficient (Wildman–Crippen LogP) is 2.92. The van der Waals surface area contributed by atoms with Crippen LogP contribution in [0.3, 0.4) is 0 Å². The standard InChI is InChI=1S/C12H16ClFO2/c1-12(2,3)11(16)10(15)8-5-4-7(13)6-9(8)14/h4-6,10-11,15-16H,1-3H3. The Labute approximate surface area is 99.7 Å². The van der Waals surface area contributed by atoms with Crippen LogP contribution in [0.2, 0.25) is 5.02 Å². The molecule has 0 spiro atoms. The van der Waals surface area contributed by atoms with Crippen molar-refractivity contribution in [2.45, 2.75) is 33.0 Å². The van der Waals surface area contributed by atoms with Crippen LogP contribution in [0.4, 0.5) is 4.39 Å². The summed E-state index contributed by atoms with van der Waals surface area (Å²) < 4.78 is 13.5. The Morgan fingerprint density at radius 1 is 1.25 bits per heavy atom. The van der Waals surface area contributed by atoms with E-state index in [1.165, 1.54) is 12.1 Å². The molecule has 4 heteroatoms. The summed E-state index contributed by atoms with van der Waals surface area (Å²) in [7, 11) is 0. The van der Waals surface area contributed by atoms with Gasteiger partial charge in [-0.05, 0) is 17.5 Å². The molecule has 1 aromatic rings. The Bertz CT molecular complexity index is 374. The van der Waals surface area contributed by atoms with Crippen molar-refractivity contribution in [1.29, 1.82) is 0 Å². The van der Waals surface area contributed by atoms with Gasteiger partial charge in [-0.2, -0.15) is 0 Å². The summed E-state index contributed by atoms with van der Waals surface area (Å²) in [6, 6.07) is 3.99. The lowest BCUT2D eigenvalue weighted by Gasteiger charge is -2.30. The Morgan fingerprint density at radius 3 is 2.25 bits per heavy atom. The van der Waals surface area contributed by atoms with Crippen LogP contribution in [0.5, 0.6) is 0 Å². The van der Waals surface area contributed by atoms with Crippen molar-refractivity contribution in [3.05, 3.63) is 34.6 Å². The van der Waals surface area contributed by atoms with Gasteiger partial charge in [0.05, 0.1) is 6.10 Å². The molecule has 16 heavy (non-hydrogen) atoms. The maximum Gasteiger partial charge on any atom is 0.130 e. The molecule has 2 atom stereocenters. The van der Waals surface area contributed by atoms with Gasteiger partial charge in [0.2, 0.25) is 0 Å². The van der Waals surface area contributed by atoms with E-state index in [4.69, 9.17) is 11.6 Å². The van der Waals surface area contributed by atoms with E-state index in [1.807, 2.05) is 0 Å². The second-order valence-electron chi connectivity index (χ2n) is 4.92. The fraction of sp³-hybridized carbons (Fsp3) is 0.500. The maximum absolute atomic E-state index is 13.5. The molecule has 0 saturated heterocycles. The molecule has 0 heterocycles. The van der Waals surface area contributed by atoms with Crippen LogP contribution in [-0.2, 0) is 0 Å². The zero-order valence-corrected chi connectivity index (χ0v) is 10.3. The first-order chi connectivity index (χ1) is 7.23. The molecular weight excluding hydrogens is 231 g/mol. The Kier molecular flexibility index (Phi) is 3.94. The molecular formula is C12H16ClFO2. The molecule has 0 bridgehead atoms. The van der Waals surface area contributed by atoms with Crippen molar-refractivity contribution in [2.24, 2.45) is 5.41 Å². The molecule has 0 aliphatic rings. The average molecular weight is 247 g/mol. The van der Waals surface area contributed by atoms with E-state index in [1.54, 1.807) is 20.8 Å². The number of aliphatic hydroxyl groups excluding tert-OH is 2. The molecule has 0 saturated carbocycles. The number of aliphatic hydroxyl groups is 2. The molecule has 2 unspecified atom stereocenters. The molecule has 0 aliphatic carbocycles. The lowest BCUT2D eigenvalue weighted by molar-refractivity contribution is -0.0472. The van der Waals surface area contributed by atoms with Gasteiger partial charge < -0.3 is 10.2 Å². The van der Waals surface area contributed by atoms with Crippen LogP contribution in [-0.4, -0.2) is 16.3 Å². The summed E-state index contributed by atoms with van der Waals surface area (Å²) >= 11 is 5.61. The molecule has 0 aromatic heterocycles. The third-order valence-corrected chi connectivity index (χ3v) is 2.70. The highest BCUT2D eigenvalue weighted by atomic mass is 35.5. The smallest absolute Gasteiger partial charge is 0.130 e. The number of hydrogen-bond acceptors (Lipinski definition) is 2. The van der Waals surface area contributed by atoms with Crippen molar-refractivity contribution in [2.75, 3.05) is 0 Å². The lowest BCUT2D eigenvalue weighted by Crippen LogP contribution is -2.32. The summed E-state index contributed by atoms with van der Waals surface area (Å²) in [5.74, 6) is -0.608. The third-order valence-electron chi connectivity index (χ3n) is 2.47. The van der Waals surface area contributed by atoms with E-state index in [0.29, 0.717) is 0 Å². The molecule has 0 aliphatic heterocycles. The van der Waals surface area contributed by atoms with Crippen LogP contribution in [0.15, 0.2) is 18.2 Å². The highest BCUT2D eigenvalue weighted by Gasteiger charge is 2.31. The summed E-state index contributed by atoms with van der Waals surface area (Å²) in [6.07, 6.45) is -2.29. The van der Waals surface area contributed by atoms with Crippen LogP contribution in [0.25, 0.3) is 0 Å². The highest BCUT2D eigenvalue weighted by Crippen LogP contribution is 2.31. The second-order valence-corrected chi connectivity index (χ2v) is 5.36. The molecule has 0 radical (unpaired) electrons. The molecule has 2 N–H and O–H groups in total. The van der Waals surface area contributed by atoms with E-state index in [-0.39, 0.29) is 10.6 Å². The van der Waals surface area contributed by atoms with Gasteiger partial charge in [0.1, 0.15) is 11.9 Å². The lowest BCUT2D eigenvalue weighted by atomic mass is 9.83. The van der Waals surface area contributed by atoms with E-state index in [9.17, 15) is 14.6 Å². The minimum absolute atomic E-state index is 0.0619. The fourth-order valence-electron chi connectivity index (χ4n) is 1.39. The van der Waals surface area contributed by atoms with Gasteiger partial charge >= 0.3 is 0 Å². The normalized spacial score (nSPS) is 15.9. The SMILES string of the molecule is CC(C)(C)C(O)C(O)c1ccc(Cl)cc1F. The van der Waals surface area contributed by atoms with E-state index >= 15 is 0 Å². The van der Waals surface area contributed by atoms with Crippen molar-refractivity contribution >= 4 is 11.6 Å². The predicted molar refractivity (Wildman–Crippen MR) is 61.8 cm³/mol.